The Bertz CT molecular complexity index is 385. The van der Waals surface area contributed by atoms with Crippen LogP contribution in [0.5, 0.6) is 0 Å². The average molecular weight is 229 g/mol. The quantitative estimate of drug-likeness (QED) is 0.823. The third-order valence-corrected chi connectivity index (χ3v) is 3.52. The molecule has 0 unspecified atom stereocenters. The molecular formula is C12H14ClFO. The molecule has 1 aliphatic rings. The SMILES string of the molecule is CCc1c(C2(O)CCC2)ccc(Cl)c1F. The van der Waals surface area contributed by atoms with Crippen molar-refractivity contribution in [2.24, 2.45) is 0 Å². The Hall–Kier alpha value is -0.600. The summed E-state index contributed by atoms with van der Waals surface area (Å²) in [6.07, 6.45) is 3.01. The van der Waals surface area contributed by atoms with Crippen LogP contribution < -0.4 is 0 Å². The summed E-state index contributed by atoms with van der Waals surface area (Å²) < 4.78 is 13.7. The van der Waals surface area contributed by atoms with Crippen LogP contribution in [0.2, 0.25) is 5.02 Å². The van der Waals surface area contributed by atoms with E-state index < -0.39 is 5.60 Å². The molecule has 1 aliphatic carbocycles. The molecule has 1 aromatic rings. The molecule has 15 heavy (non-hydrogen) atoms. The lowest BCUT2D eigenvalue weighted by Crippen LogP contribution is -2.35. The van der Waals surface area contributed by atoms with E-state index in [0.29, 0.717) is 12.0 Å². The van der Waals surface area contributed by atoms with Crippen LogP contribution >= 0.6 is 11.6 Å². The van der Waals surface area contributed by atoms with Gasteiger partial charge in [0.2, 0.25) is 0 Å². The maximum atomic E-state index is 13.7. The largest absolute Gasteiger partial charge is 0.385 e. The molecule has 3 heteroatoms. The highest BCUT2D eigenvalue weighted by molar-refractivity contribution is 6.30. The van der Waals surface area contributed by atoms with E-state index in [4.69, 9.17) is 11.6 Å². The summed E-state index contributed by atoms with van der Waals surface area (Å²) in [6, 6.07) is 3.28. The summed E-state index contributed by atoms with van der Waals surface area (Å²) in [5, 5.41) is 10.3. The van der Waals surface area contributed by atoms with Gasteiger partial charge in [0.05, 0.1) is 10.6 Å². The molecule has 0 radical (unpaired) electrons. The maximum Gasteiger partial charge on any atom is 0.145 e. The molecule has 2 rings (SSSR count). The first-order valence-electron chi connectivity index (χ1n) is 5.28. The Morgan fingerprint density at radius 2 is 2.13 bits per heavy atom. The second-order valence-electron chi connectivity index (χ2n) is 4.13. The predicted molar refractivity (Wildman–Crippen MR) is 58.5 cm³/mol. The summed E-state index contributed by atoms with van der Waals surface area (Å²) in [7, 11) is 0. The number of rotatable bonds is 2. The molecule has 0 bridgehead atoms. The van der Waals surface area contributed by atoms with Crippen molar-refractivity contribution in [3.05, 3.63) is 34.1 Å². The fourth-order valence-electron chi connectivity index (χ4n) is 2.16. The zero-order valence-electron chi connectivity index (χ0n) is 8.69. The lowest BCUT2D eigenvalue weighted by Gasteiger charge is -2.38. The first-order chi connectivity index (χ1) is 7.08. The molecule has 1 N–H and O–H groups in total. The first-order valence-corrected chi connectivity index (χ1v) is 5.66. The van der Waals surface area contributed by atoms with Gasteiger partial charge in [-0.15, -0.1) is 0 Å². The van der Waals surface area contributed by atoms with Crippen molar-refractivity contribution < 1.29 is 9.50 Å². The van der Waals surface area contributed by atoms with Gasteiger partial charge >= 0.3 is 0 Å². The van der Waals surface area contributed by atoms with Crippen molar-refractivity contribution in [2.45, 2.75) is 38.2 Å². The Balaban J connectivity index is 2.52. The van der Waals surface area contributed by atoms with Crippen LogP contribution in [0, 0.1) is 5.82 Å². The number of benzene rings is 1. The molecule has 0 aromatic heterocycles. The van der Waals surface area contributed by atoms with Crippen LogP contribution in [-0.2, 0) is 12.0 Å². The highest BCUT2D eigenvalue weighted by Gasteiger charge is 2.38. The van der Waals surface area contributed by atoms with Crippen molar-refractivity contribution in [2.75, 3.05) is 0 Å². The van der Waals surface area contributed by atoms with Gasteiger partial charge in [-0.2, -0.15) is 0 Å². The van der Waals surface area contributed by atoms with Crippen molar-refractivity contribution in [3.8, 4) is 0 Å². The zero-order chi connectivity index (χ0) is 11.1. The molecule has 0 amide bonds. The van der Waals surface area contributed by atoms with Gasteiger partial charge in [0.1, 0.15) is 5.82 Å². The lowest BCUT2D eigenvalue weighted by atomic mass is 9.73. The third-order valence-electron chi connectivity index (χ3n) is 3.23. The van der Waals surface area contributed by atoms with Crippen LogP contribution in [0.4, 0.5) is 4.39 Å². The highest BCUT2D eigenvalue weighted by atomic mass is 35.5. The highest BCUT2D eigenvalue weighted by Crippen LogP contribution is 2.43. The molecule has 1 nitrogen and oxygen atoms in total. The van der Waals surface area contributed by atoms with Crippen LogP contribution in [0.15, 0.2) is 12.1 Å². The molecular weight excluding hydrogens is 215 g/mol. The van der Waals surface area contributed by atoms with Crippen LogP contribution in [0.1, 0.15) is 37.3 Å². The van der Waals surface area contributed by atoms with Crippen LogP contribution in [0.3, 0.4) is 0 Å². The maximum absolute atomic E-state index is 13.7. The van der Waals surface area contributed by atoms with Gasteiger partial charge in [-0.05, 0) is 42.9 Å². The molecule has 1 saturated carbocycles. The van der Waals surface area contributed by atoms with E-state index in [1.807, 2.05) is 6.92 Å². The fraction of sp³-hybridized carbons (Fsp3) is 0.500. The van der Waals surface area contributed by atoms with Crippen LogP contribution in [-0.4, -0.2) is 5.11 Å². The normalized spacial score (nSPS) is 18.7. The van der Waals surface area contributed by atoms with Crippen molar-refractivity contribution in [3.63, 3.8) is 0 Å². The fourth-order valence-corrected chi connectivity index (χ4v) is 2.33. The number of halogens is 2. The van der Waals surface area contributed by atoms with E-state index in [1.165, 1.54) is 6.07 Å². The third kappa shape index (κ3) is 1.66. The smallest absolute Gasteiger partial charge is 0.145 e. The van der Waals surface area contributed by atoms with Crippen molar-refractivity contribution in [1.82, 2.24) is 0 Å². The van der Waals surface area contributed by atoms with Gasteiger partial charge in [-0.25, -0.2) is 4.39 Å². The van der Waals surface area contributed by atoms with E-state index in [-0.39, 0.29) is 10.8 Å². The molecule has 1 aromatic carbocycles. The summed E-state index contributed by atoms with van der Waals surface area (Å²) >= 11 is 5.72. The summed E-state index contributed by atoms with van der Waals surface area (Å²) in [6.45, 7) is 1.88. The predicted octanol–water partition coefficient (Wildman–Crippen LogP) is 3.41. The van der Waals surface area contributed by atoms with Crippen molar-refractivity contribution in [1.29, 1.82) is 0 Å². The van der Waals surface area contributed by atoms with E-state index >= 15 is 0 Å². The second-order valence-corrected chi connectivity index (χ2v) is 4.53. The topological polar surface area (TPSA) is 20.2 Å². The lowest BCUT2D eigenvalue weighted by molar-refractivity contribution is -0.0397. The molecule has 0 aliphatic heterocycles. The molecule has 82 valence electrons. The molecule has 0 saturated heterocycles. The minimum Gasteiger partial charge on any atom is -0.385 e. The van der Waals surface area contributed by atoms with Gasteiger partial charge in [0, 0.05) is 0 Å². The average Bonchev–Trinajstić information content (AvgIpc) is 2.18. The molecule has 0 spiro atoms. The summed E-state index contributed by atoms with van der Waals surface area (Å²) in [5.74, 6) is -0.378. The second kappa shape index (κ2) is 3.76. The Morgan fingerprint density at radius 3 is 2.60 bits per heavy atom. The van der Waals surface area contributed by atoms with Crippen LogP contribution in [0.25, 0.3) is 0 Å². The minimum absolute atomic E-state index is 0.138. The van der Waals surface area contributed by atoms with Gasteiger partial charge in [0.25, 0.3) is 0 Å². The summed E-state index contributed by atoms with van der Waals surface area (Å²) in [4.78, 5) is 0. The van der Waals surface area contributed by atoms with Gasteiger partial charge < -0.3 is 5.11 Å². The number of hydrogen-bond donors (Lipinski definition) is 1. The van der Waals surface area contributed by atoms with Gasteiger partial charge in [0.15, 0.2) is 0 Å². The standard InChI is InChI=1S/C12H14ClFO/c1-2-8-9(12(15)6-3-7-12)4-5-10(13)11(8)14/h4-5,15H,2-3,6-7H2,1H3. The number of hydrogen-bond acceptors (Lipinski definition) is 1. The Labute approximate surface area is 93.9 Å². The van der Waals surface area contributed by atoms with E-state index in [0.717, 1.165) is 24.8 Å². The number of aliphatic hydroxyl groups is 1. The minimum atomic E-state index is -0.809. The zero-order valence-corrected chi connectivity index (χ0v) is 9.44. The molecule has 0 atom stereocenters. The van der Waals surface area contributed by atoms with E-state index in [2.05, 4.69) is 0 Å². The van der Waals surface area contributed by atoms with Gasteiger partial charge in [-0.3, -0.25) is 0 Å². The van der Waals surface area contributed by atoms with Gasteiger partial charge in [-0.1, -0.05) is 24.6 Å². The molecule has 1 fully saturated rings. The Kier molecular flexibility index (Phi) is 2.73. The Morgan fingerprint density at radius 1 is 1.47 bits per heavy atom. The van der Waals surface area contributed by atoms with E-state index in [1.54, 1.807) is 6.07 Å². The summed E-state index contributed by atoms with van der Waals surface area (Å²) in [5.41, 5.74) is 0.472. The monoisotopic (exact) mass is 228 g/mol. The molecule has 0 heterocycles. The first kappa shape index (κ1) is 10.9. The van der Waals surface area contributed by atoms with E-state index in [9.17, 15) is 9.50 Å². The van der Waals surface area contributed by atoms with Crippen molar-refractivity contribution >= 4 is 11.6 Å².